The van der Waals surface area contributed by atoms with Crippen molar-refractivity contribution in [2.45, 2.75) is 13.0 Å². The number of carbonyl (C=O) groups excluding carboxylic acids is 1. The highest BCUT2D eigenvalue weighted by molar-refractivity contribution is 5.72. The number of rotatable bonds is 5. The predicted octanol–water partition coefficient (Wildman–Crippen LogP) is 0.330. The van der Waals surface area contributed by atoms with Gasteiger partial charge in [0.25, 0.3) is 0 Å². The second kappa shape index (κ2) is 6.51. The molecule has 0 spiro atoms. The number of hydrogen-bond acceptors (Lipinski definition) is 8. The first-order valence-corrected chi connectivity index (χ1v) is 6.11. The van der Waals surface area contributed by atoms with E-state index in [1.165, 1.54) is 0 Å². The lowest BCUT2D eigenvalue weighted by atomic mass is 10.1. The van der Waals surface area contributed by atoms with Crippen molar-refractivity contribution in [1.29, 1.82) is 0 Å². The first-order valence-electron chi connectivity index (χ1n) is 6.11. The molecule has 8 nitrogen and oxygen atoms in total. The van der Waals surface area contributed by atoms with Crippen molar-refractivity contribution in [2.75, 3.05) is 18.6 Å². The highest BCUT2D eigenvalue weighted by Gasteiger charge is 2.08. The van der Waals surface area contributed by atoms with Gasteiger partial charge in [0.15, 0.2) is 12.4 Å². The van der Waals surface area contributed by atoms with Crippen LogP contribution in [0.1, 0.15) is 11.4 Å². The van der Waals surface area contributed by atoms with Gasteiger partial charge in [-0.15, -0.1) is 0 Å². The third-order valence-electron chi connectivity index (χ3n) is 2.59. The number of nitrogens with two attached hydrogens (primary N) is 2. The van der Waals surface area contributed by atoms with Crippen LogP contribution in [0.5, 0.6) is 5.75 Å². The van der Waals surface area contributed by atoms with Gasteiger partial charge in [0.1, 0.15) is 5.75 Å². The molecule has 0 saturated heterocycles. The number of hydrogen-bond donors (Lipinski definition) is 2. The molecular weight excluding hydrogens is 274 g/mol. The first-order chi connectivity index (χ1) is 10.1. The van der Waals surface area contributed by atoms with Gasteiger partial charge in [-0.05, 0) is 17.7 Å². The summed E-state index contributed by atoms with van der Waals surface area (Å²) in [5.74, 6) is 0.511. The predicted molar refractivity (Wildman–Crippen MR) is 75.1 cm³/mol. The SMILES string of the molecule is COc1ccc(CC(=O)OCc2nc(N)nc(N)n2)cc1. The molecule has 0 bridgehead atoms. The number of nitrogen functional groups attached to an aromatic ring is 2. The molecule has 0 fully saturated rings. The van der Waals surface area contributed by atoms with E-state index in [2.05, 4.69) is 15.0 Å². The lowest BCUT2D eigenvalue weighted by Crippen LogP contribution is -2.12. The molecule has 0 atom stereocenters. The zero-order valence-electron chi connectivity index (χ0n) is 11.4. The van der Waals surface area contributed by atoms with Crippen molar-refractivity contribution in [3.63, 3.8) is 0 Å². The van der Waals surface area contributed by atoms with Gasteiger partial charge in [-0.3, -0.25) is 4.79 Å². The molecule has 0 radical (unpaired) electrons. The van der Waals surface area contributed by atoms with E-state index >= 15 is 0 Å². The Hall–Kier alpha value is -2.90. The molecule has 110 valence electrons. The second-order valence-electron chi connectivity index (χ2n) is 4.15. The normalized spacial score (nSPS) is 10.1. The maximum atomic E-state index is 11.7. The molecule has 21 heavy (non-hydrogen) atoms. The molecule has 0 aliphatic carbocycles. The number of nitrogens with zero attached hydrogens (tertiary/aromatic N) is 3. The summed E-state index contributed by atoms with van der Waals surface area (Å²) in [7, 11) is 1.58. The third-order valence-corrected chi connectivity index (χ3v) is 2.59. The van der Waals surface area contributed by atoms with Crippen LogP contribution in [0.2, 0.25) is 0 Å². The summed E-state index contributed by atoms with van der Waals surface area (Å²) >= 11 is 0. The van der Waals surface area contributed by atoms with Crippen LogP contribution in [0.25, 0.3) is 0 Å². The van der Waals surface area contributed by atoms with E-state index in [0.717, 1.165) is 11.3 Å². The summed E-state index contributed by atoms with van der Waals surface area (Å²) in [5, 5.41) is 0. The standard InChI is InChI=1S/C13H15N5O3/c1-20-9-4-2-8(3-5-9)6-11(19)21-7-10-16-12(14)18-13(15)17-10/h2-5H,6-7H2,1H3,(H4,14,15,16,17,18). The average molecular weight is 289 g/mol. The van der Waals surface area contributed by atoms with Crippen LogP contribution in [0.15, 0.2) is 24.3 Å². The van der Waals surface area contributed by atoms with Crippen LogP contribution < -0.4 is 16.2 Å². The third kappa shape index (κ3) is 4.30. The Balaban J connectivity index is 1.89. The van der Waals surface area contributed by atoms with E-state index in [4.69, 9.17) is 20.9 Å². The number of methoxy groups -OCH3 is 1. The van der Waals surface area contributed by atoms with Crippen molar-refractivity contribution in [3.8, 4) is 5.75 Å². The van der Waals surface area contributed by atoms with Crippen molar-refractivity contribution < 1.29 is 14.3 Å². The smallest absolute Gasteiger partial charge is 0.310 e. The van der Waals surface area contributed by atoms with Crippen LogP contribution in [-0.4, -0.2) is 28.0 Å². The topological polar surface area (TPSA) is 126 Å². The minimum atomic E-state index is -0.405. The van der Waals surface area contributed by atoms with Gasteiger partial charge in [0.2, 0.25) is 11.9 Å². The number of carbonyl (C=O) groups is 1. The molecule has 8 heteroatoms. The van der Waals surface area contributed by atoms with E-state index in [0.29, 0.717) is 0 Å². The Bertz CT molecular complexity index is 610. The number of aromatic nitrogens is 3. The van der Waals surface area contributed by atoms with Gasteiger partial charge < -0.3 is 20.9 Å². The fourth-order valence-electron chi connectivity index (χ4n) is 1.63. The fraction of sp³-hybridized carbons (Fsp3) is 0.231. The zero-order valence-corrected chi connectivity index (χ0v) is 11.4. The van der Waals surface area contributed by atoms with Crippen molar-refractivity contribution in [2.24, 2.45) is 0 Å². The van der Waals surface area contributed by atoms with Gasteiger partial charge in [-0.1, -0.05) is 12.1 Å². The Morgan fingerprint density at radius 1 is 1.10 bits per heavy atom. The maximum absolute atomic E-state index is 11.7. The van der Waals surface area contributed by atoms with Gasteiger partial charge in [-0.2, -0.15) is 15.0 Å². The number of anilines is 2. The molecule has 1 heterocycles. The minimum Gasteiger partial charge on any atom is -0.497 e. The summed E-state index contributed by atoms with van der Waals surface area (Å²) in [5.41, 5.74) is 11.7. The lowest BCUT2D eigenvalue weighted by molar-refractivity contribution is -0.144. The molecule has 0 amide bonds. The maximum Gasteiger partial charge on any atom is 0.310 e. The summed E-state index contributed by atoms with van der Waals surface area (Å²) < 4.78 is 10.1. The first kappa shape index (κ1) is 14.5. The fourth-order valence-corrected chi connectivity index (χ4v) is 1.63. The highest BCUT2D eigenvalue weighted by Crippen LogP contribution is 2.12. The van der Waals surface area contributed by atoms with Crippen molar-refractivity contribution >= 4 is 17.9 Å². The van der Waals surface area contributed by atoms with Crippen LogP contribution in [0.3, 0.4) is 0 Å². The van der Waals surface area contributed by atoms with Crippen molar-refractivity contribution in [3.05, 3.63) is 35.7 Å². The lowest BCUT2D eigenvalue weighted by Gasteiger charge is -2.05. The monoisotopic (exact) mass is 289 g/mol. The number of esters is 1. The molecule has 0 aliphatic rings. The van der Waals surface area contributed by atoms with Crippen LogP contribution in [0, 0.1) is 0 Å². The zero-order chi connectivity index (χ0) is 15.2. The average Bonchev–Trinajstić information content (AvgIpc) is 2.45. The Labute approximate surface area is 121 Å². The highest BCUT2D eigenvalue weighted by atomic mass is 16.5. The molecule has 1 aromatic heterocycles. The Morgan fingerprint density at radius 3 is 2.29 bits per heavy atom. The van der Waals surface area contributed by atoms with Crippen LogP contribution in [0.4, 0.5) is 11.9 Å². The Kier molecular flexibility index (Phi) is 4.50. The van der Waals surface area contributed by atoms with E-state index in [9.17, 15) is 4.79 Å². The van der Waals surface area contributed by atoms with Crippen molar-refractivity contribution in [1.82, 2.24) is 15.0 Å². The van der Waals surface area contributed by atoms with E-state index < -0.39 is 5.97 Å². The minimum absolute atomic E-state index is 0.0105. The van der Waals surface area contributed by atoms with Gasteiger partial charge in [-0.25, -0.2) is 0 Å². The van der Waals surface area contributed by atoms with E-state index in [1.54, 1.807) is 31.4 Å². The Morgan fingerprint density at radius 2 is 1.71 bits per heavy atom. The largest absolute Gasteiger partial charge is 0.497 e. The quantitative estimate of drug-likeness (QED) is 0.754. The molecule has 0 saturated carbocycles. The molecule has 2 rings (SSSR count). The van der Waals surface area contributed by atoms with Crippen LogP contribution in [-0.2, 0) is 22.6 Å². The molecule has 0 aliphatic heterocycles. The molecule has 2 aromatic rings. The molecule has 4 N–H and O–H groups in total. The van der Waals surface area contributed by atoms with E-state index in [-0.39, 0.29) is 30.7 Å². The van der Waals surface area contributed by atoms with Crippen LogP contribution >= 0.6 is 0 Å². The molecule has 0 unspecified atom stereocenters. The van der Waals surface area contributed by atoms with Gasteiger partial charge >= 0.3 is 5.97 Å². The number of benzene rings is 1. The summed E-state index contributed by atoms with van der Waals surface area (Å²) in [6, 6.07) is 7.13. The second-order valence-corrected chi connectivity index (χ2v) is 4.15. The summed E-state index contributed by atoms with van der Waals surface area (Å²) in [6.45, 7) is -0.105. The summed E-state index contributed by atoms with van der Waals surface area (Å²) in [4.78, 5) is 23.0. The van der Waals surface area contributed by atoms with Gasteiger partial charge in [0, 0.05) is 0 Å². The molecule has 1 aromatic carbocycles. The molecular formula is C13H15N5O3. The van der Waals surface area contributed by atoms with E-state index in [1.807, 2.05) is 0 Å². The summed E-state index contributed by atoms with van der Waals surface area (Å²) in [6.07, 6.45) is 0.139. The van der Waals surface area contributed by atoms with Gasteiger partial charge in [0.05, 0.1) is 13.5 Å². The number of ether oxygens (including phenoxy) is 2.